The molecule has 0 amide bonds. The fourth-order valence-electron chi connectivity index (χ4n) is 3.79. The number of anilines is 2. The van der Waals surface area contributed by atoms with E-state index in [0.29, 0.717) is 5.95 Å². The summed E-state index contributed by atoms with van der Waals surface area (Å²) in [5.74, 6) is -1.33. The lowest BCUT2D eigenvalue weighted by atomic mass is 9.94. The number of carboxylic acid groups (broad SMARTS) is 1. The first-order valence-electron chi connectivity index (χ1n) is 9.11. The molecule has 7 nitrogen and oxygen atoms in total. The summed E-state index contributed by atoms with van der Waals surface area (Å²) < 4.78 is 37.9. The van der Waals surface area contributed by atoms with Crippen LogP contribution in [-0.2, 0) is 22.4 Å². The molecule has 1 aromatic rings. The summed E-state index contributed by atoms with van der Waals surface area (Å²) in [6.45, 7) is 10.2. The summed E-state index contributed by atoms with van der Waals surface area (Å²) in [6, 6.07) is 0. The molecule has 0 spiro atoms. The van der Waals surface area contributed by atoms with Crippen LogP contribution in [0, 0.1) is 0 Å². The second-order valence-electron chi connectivity index (χ2n) is 8.32. The zero-order chi connectivity index (χ0) is 21.3. The van der Waals surface area contributed by atoms with Gasteiger partial charge in [0.15, 0.2) is 0 Å². The Hall–Kier alpha value is -2.10. The van der Waals surface area contributed by atoms with Crippen molar-refractivity contribution in [3.63, 3.8) is 0 Å². The number of carbonyl (C=O) groups is 1. The predicted octanol–water partition coefficient (Wildman–Crippen LogP) is 2.96. The van der Waals surface area contributed by atoms with Crippen LogP contribution in [0.25, 0.3) is 0 Å². The lowest BCUT2D eigenvalue weighted by molar-refractivity contribution is -0.192. The average Bonchev–Trinajstić information content (AvgIpc) is 2.50. The highest BCUT2D eigenvalue weighted by Crippen LogP contribution is 2.35. The van der Waals surface area contributed by atoms with Crippen LogP contribution in [0.2, 0.25) is 0 Å². The van der Waals surface area contributed by atoms with E-state index in [1.807, 2.05) is 0 Å². The van der Waals surface area contributed by atoms with E-state index in [4.69, 9.17) is 20.4 Å². The molecule has 3 rings (SSSR count). The van der Waals surface area contributed by atoms with Gasteiger partial charge in [0.05, 0.1) is 16.9 Å². The molecule has 2 aliphatic rings. The van der Waals surface area contributed by atoms with Gasteiger partial charge in [-0.05, 0) is 53.4 Å². The fraction of sp³-hybridized carbons (Fsp3) is 0.722. The van der Waals surface area contributed by atoms with Crippen molar-refractivity contribution in [2.24, 2.45) is 0 Å². The van der Waals surface area contributed by atoms with Gasteiger partial charge < -0.3 is 20.5 Å². The summed E-state index contributed by atoms with van der Waals surface area (Å²) in [5, 5.41) is 7.12. The van der Waals surface area contributed by atoms with Gasteiger partial charge in [-0.3, -0.25) is 0 Å². The Balaban J connectivity index is 0.000000345. The summed E-state index contributed by atoms with van der Waals surface area (Å²) in [4.78, 5) is 20.3. The van der Waals surface area contributed by atoms with E-state index in [1.54, 1.807) is 0 Å². The molecule has 0 unspecified atom stereocenters. The molecule has 0 bridgehead atoms. The maximum atomic E-state index is 10.6. The highest BCUT2D eigenvalue weighted by atomic mass is 19.4. The average molecular weight is 404 g/mol. The number of nitrogens with two attached hydrogens (primary N) is 1. The van der Waals surface area contributed by atoms with E-state index in [-0.39, 0.29) is 11.2 Å². The van der Waals surface area contributed by atoms with Crippen molar-refractivity contribution in [2.75, 3.05) is 23.7 Å². The topological polar surface area (TPSA) is 102 Å². The molecule has 1 aliphatic carbocycles. The Morgan fingerprint density at radius 1 is 1.11 bits per heavy atom. The second-order valence-corrected chi connectivity index (χ2v) is 8.32. The molecule has 1 saturated heterocycles. The zero-order valence-electron chi connectivity index (χ0n) is 16.6. The van der Waals surface area contributed by atoms with Crippen LogP contribution in [-0.4, -0.2) is 51.5 Å². The third kappa shape index (κ3) is 5.70. The van der Waals surface area contributed by atoms with Crippen LogP contribution in [0.1, 0.15) is 51.8 Å². The van der Waals surface area contributed by atoms with Gasteiger partial charge in [-0.15, -0.1) is 0 Å². The Morgan fingerprint density at radius 2 is 1.61 bits per heavy atom. The molecule has 1 aliphatic heterocycles. The SMILES string of the molecule is CC1(C)CN(c2nc(N)nc3c2CCCC3)CC(C)(C)O1.O=C(O)C(F)(F)F. The molecule has 10 heteroatoms. The minimum Gasteiger partial charge on any atom is -0.475 e. The largest absolute Gasteiger partial charge is 0.490 e. The van der Waals surface area contributed by atoms with E-state index in [0.717, 1.165) is 37.4 Å². The van der Waals surface area contributed by atoms with Gasteiger partial charge in [0.1, 0.15) is 5.82 Å². The third-order valence-electron chi connectivity index (χ3n) is 4.42. The molecule has 0 radical (unpaired) electrons. The molecule has 28 heavy (non-hydrogen) atoms. The van der Waals surface area contributed by atoms with Gasteiger partial charge >= 0.3 is 12.1 Å². The second kappa shape index (κ2) is 7.73. The molecule has 0 atom stereocenters. The van der Waals surface area contributed by atoms with Crippen LogP contribution in [0.5, 0.6) is 0 Å². The number of hydrogen-bond acceptors (Lipinski definition) is 6. The molecule has 1 fully saturated rings. The zero-order valence-corrected chi connectivity index (χ0v) is 16.6. The van der Waals surface area contributed by atoms with Gasteiger partial charge in [-0.1, -0.05) is 0 Å². The minimum atomic E-state index is -5.08. The molecule has 0 saturated carbocycles. The third-order valence-corrected chi connectivity index (χ3v) is 4.42. The van der Waals surface area contributed by atoms with E-state index >= 15 is 0 Å². The van der Waals surface area contributed by atoms with Gasteiger partial charge in [-0.2, -0.15) is 18.2 Å². The Kier molecular flexibility index (Phi) is 6.13. The van der Waals surface area contributed by atoms with Crippen molar-refractivity contribution in [1.29, 1.82) is 0 Å². The monoisotopic (exact) mass is 404 g/mol. The van der Waals surface area contributed by atoms with Crippen molar-refractivity contribution >= 4 is 17.7 Å². The highest BCUT2D eigenvalue weighted by molar-refractivity contribution is 5.73. The Labute approximate surface area is 162 Å². The smallest absolute Gasteiger partial charge is 0.475 e. The number of aryl methyl sites for hydroxylation is 1. The number of aliphatic carboxylic acids is 1. The first-order valence-corrected chi connectivity index (χ1v) is 9.11. The number of halogens is 3. The molecular weight excluding hydrogens is 377 g/mol. The standard InChI is InChI=1S/C16H26N4O.C2HF3O2/c1-15(2)9-20(10-16(3,4)21-15)13-11-7-5-6-8-12(11)18-14(17)19-13;3-2(4,5)1(6)7/h5-10H2,1-4H3,(H2,17,18,19);(H,6,7). The molecule has 2 heterocycles. The van der Waals surface area contributed by atoms with Gasteiger partial charge in [0.25, 0.3) is 0 Å². The van der Waals surface area contributed by atoms with Gasteiger partial charge in [0.2, 0.25) is 5.95 Å². The summed E-state index contributed by atoms with van der Waals surface area (Å²) >= 11 is 0. The summed E-state index contributed by atoms with van der Waals surface area (Å²) in [7, 11) is 0. The van der Waals surface area contributed by atoms with Crippen LogP contribution in [0.15, 0.2) is 0 Å². The minimum absolute atomic E-state index is 0.191. The number of ether oxygens (including phenoxy) is 1. The van der Waals surface area contributed by atoms with Crippen LogP contribution >= 0.6 is 0 Å². The van der Waals surface area contributed by atoms with Crippen LogP contribution < -0.4 is 10.6 Å². The van der Waals surface area contributed by atoms with Crippen molar-refractivity contribution in [3.05, 3.63) is 11.3 Å². The number of nitrogen functional groups attached to an aromatic ring is 1. The first-order chi connectivity index (χ1) is 12.7. The number of fused-ring (bicyclic) bond motifs is 1. The number of aromatic nitrogens is 2. The number of carboxylic acids is 1. The Bertz CT molecular complexity index is 720. The number of rotatable bonds is 1. The van der Waals surface area contributed by atoms with Crippen LogP contribution in [0.4, 0.5) is 24.9 Å². The lowest BCUT2D eigenvalue weighted by Gasteiger charge is -2.48. The van der Waals surface area contributed by atoms with Crippen molar-refractivity contribution in [1.82, 2.24) is 9.97 Å². The quantitative estimate of drug-likeness (QED) is 0.742. The molecule has 158 valence electrons. The normalized spacial score (nSPS) is 20.6. The molecule has 0 aromatic carbocycles. The van der Waals surface area contributed by atoms with Crippen molar-refractivity contribution in [3.8, 4) is 0 Å². The maximum Gasteiger partial charge on any atom is 0.490 e. The first kappa shape index (κ1) is 22.2. The van der Waals surface area contributed by atoms with Crippen molar-refractivity contribution in [2.45, 2.75) is 70.8 Å². The number of hydrogen-bond donors (Lipinski definition) is 2. The highest BCUT2D eigenvalue weighted by Gasteiger charge is 2.40. The predicted molar refractivity (Wildman–Crippen MR) is 98.2 cm³/mol. The van der Waals surface area contributed by atoms with E-state index in [1.165, 1.54) is 18.4 Å². The maximum absolute atomic E-state index is 10.6. The van der Waals surface area contributed by atoms with Gasteiger partial charge in [0, 0.05) is 18.7 Å². The van der Waals surface area contributed by atoms with E-state index < -0.39 is 12.1 Å². The molecule has 3 N–H and O–H groups in total. The lowest BCUT2D eigenvalue weighted by Crippen LogP contribution is -2.57. The molecular formula is C18H27F3N4O3. The van der Waals surface area contributed by atoms with Crippen LogP contribution in [0.3, 0.4) is 0 Å². The number of alkyl halides is 3. The number of morpholine rings is 1. The van der Waals surface area contributed by atoms with Crippen molar-refractivity contribution < 1.29 is 27.8 Å². The number of nitrogens with zero attached hydrogens (tertiary/aromatic N) is 3. The molecule has 1 aromatic heterocycles. The van der Waals surface area contributed by atoms with E-state index in [9.17, 15) is 13.2 Å². The van der Waals surface area contributed by atoms with Gasteiger partial charge in [-0.25, -0.2) is 9.78 Å². The van der Waals surface area contributed by atoms with E-state index in [2.05, 4.69) is 42.6 Å². The summed E-state index contributed by atoms with van der Waals surface area (Å²) in [5.41, 5.74) is 8.00. The Morgan fingerprint density at radius 3 is 2.11 bits per heavy atom. The fourth-order valence-corrected chi connectivity index (χ4v) is 3.79. The summed E-state index contributed by atoms with van der Waals surface area (Å²) in [6.07, 6.45) is -0.595.